The SMILES string of the molecule is Cc1ccccc1[C@H](O)CNC(=O)c1ccc(CCC(C)(C)O)cc1. The Hall–Kier alpha value is -2.17. The van der Waals surface area contributed by atoms with E-state index < -0.39 is 11.7 Å². The molecule has 3 N–H and O–H groups in total. The number of aryl methyl sites for hydroxylation is 2. The van der Waals surface area contributed by atoms with E-state index in [0.29, 0.717) is 12.0 Å². The van der Waals surface area contributed by atoms with Crippen molar-refractivity contribution < 1.29 is 15.0 Å². The summed E-state index contributed by atoms with van der Waals surface area (Å²) in [6, 6.07) is 14.9. The van der Waals surface area contributed by atoms with Crippen LogP contribution in [-0.4, -0.2) is 28.3 Å². The van der Waals surface area contributed by atoms with Gasteiger partial charge in [-0.05, 0) is 62.4 Å². The maximum atomic E-state index is 12.2. The molecule has 0 radical (unpaired) electrons. The van der Waals surface area contributed by atoms with E-state index in [1.165, 1.54) is 0 Å². The van der Waals surface area contributed by atoms with Crippen LogP contribution in [0.5, 0.6) is 0 Å². The van der Waals surface area contributed by atoms with Gasteiger partial charge < -0.3 is 15.5 Å². The fraction of sp³-hybridized carbons (Fsp3) is 0.381. The normalized spacial score (nSPS) is 12.7. The standard InChI is InChI=1S/C21H27NO3/c1-15-6-4-5-7-18(15)19(23)14-22-20(24)17-10-8-16(9-11-17)12-13-21(2,3)25/h4-11,19,23,25H,12-14H2,1-3H3,(H,22,24)/t19-/m1/s1. The molecule has 4 nitrogen and oxygen atoms in total. The van der Waals surface area contributed by atoms with Crippen LogP contribution in [-0.2, 0) is 6.42 Å². The van der Waals surface area contributed by atoms with Crippen LogP contribution in [0.1, 0.15) is 53.4 Å². The smallest absolute Gasteiger partial charge is 0.251 e. The number of carbonyl (C=O) groups is 1. The van der Waals surface area contributed by atoms with E-state index in [1.54, 1.807) is 26.0 Å². The summed E-state index contributed by atoms with van der Waals surface area (Å²) >= 11 is 0. The van der Waals surface area contributed by atoms with Crippen LogP contribution in [0.15, 0.2) is 48.5 Å². The molecule has 0 saturated carbocycles. The molecule has 0 spiro atoms. The number of rotatable bonds is 7. The lowest BCUT2D eigenvalue weighted by Gasteiger charge is -2.16. The topological polar surface area (TPSA) is 69.6 Å². The van der Waals surface area contributed by atoms with Crippen molar-refractivity contribution in [2.75, 3.05) is 6.54 Å². The van der Waals surface area contributed by atoms with Crippen LogP contribution in [0.25, 0.3) is 0 Å². The third-order valence-corrected chi connectivity index (χ3v) is 4.25. The van der Waals surface area contributed by atoms with Crippen molar-refractivity contribution in [3.63, 3.8) is 0 Å². The Kier molecular flexibility index (Phi) is 6.34. The third kappa shape index (κ3) is 6.00. The van der Waals surface area contributed by atoms with Crippen molar-refractivity contribution in [1.29, 1.82) is 0 Å². The van der Waals surface area contributed by atoms with Gasteiger partial charge in [0, 0.05) is 12.1 Å². The molecule has 0 saturated heterocycles. The Labute approximate surface area is 149 Å². The number of amides is 1. The van der Waals surface area contributed by atoms with Gasteiger partial charge in [0.1, 0.15) is 0 Å². The highest BCUT2D eigenvalue weighted by molar-refractivity contribution is 5.94. The maximum Gasteiger partial charge on any atom is 0.251 e. The Morgan fingerprint density at radius 3 is 2.36 bits per heavy atom. The van der Waals surface area contributed by atoms with Crippen molar-refractivity contribution in [3.05, 3.63) is 70.8 Å². The Balaban J connectivity index is 1.89. The largest absolute Gasteiger partial charge is 0.390 e. The molecule has 0 heterocycles. The van der Waals surface area contributed by atoms with E-state index in [0.717, 1.165) is 23.1 Å². The van der Waals surface area contributed by atoms with E-state index in [4.69, 9.17) is 0 Å². The molecule has 1 amide bonds. The summed E-state index contributed by atoms with van der Waals surface area (Å²) in [6.07, 6.45) is 0.703. The average molecular weight is 341 g/mol. The van der Waals surface area contributed by atoms with E-state index in [9.17, 15) is 15.0 Å². The molecule has 1 atom stereocenters. The molecule has 0 aliphatic heterocycles. The zero-order valence-corrected chi connectivity index (χ0v) is 15.1. The fourth-order valence-electron chi connectivity index (χ4n) is 2.64. The summed E-state index contributed by atoms with van der Waals surface area (Å²) in [7, 11) is 0. The number of nitrogens with one attached hydrogen (secondary N) is 1. The third-order valence-electron chi connectivity index (χ3n) is 4.25. The lowest BCUT2D eigenvalue weighted by atomic mass is 9.98. The molecule has 134 valence electrons. The summed E-state index contributed by atoms with van der Waals surface area (Å²) in [6.45, 7) is 5.68. The zero-order chi connectivity index (χ0) is 18.4. The number of hydrogen-bond acceptors (Lipinski definition) is 3. The molecule has 2 aromatic carbocycles. The summed E-state index contributed by atoms with van der Waals surface area (Å²) in [5.74, 6) is -0.207. The second-order valence-corrected chi connectivity index (χ2v) is 7.09. The molecular weight excluding hydrogens is 314 g/mol. The predicted octanol–water partition coefficient (Wildman–Crippen LogP) is 3.16. The Morgan fingerprint density at radius 1 is 1.12 bits per heavy atom. The van der Waals surface area contributed by atoms with Gasteiger partial charge in [0.15, 0.2) is 0 Å². The van der Waals surface area contributed by atoms with Gasteiger partial charge >= 0.3 is 0 Å². The van der Waals surface area contributed by atoms with Crippen LogP contribution in [0.2, 0.25) is 0 Å². The van der Waals surface area contributed by atoms with Crippen molar-refractivity contribution in [2.45, 2.75) is 45.3 Å². The number of aliphatic hydroxyl groups is 2. The van der Waals surface area contributed by atoms with Crippen molar-refractivity contribution in [3.8, 4) is 0 Å². The molecular formula is C21H27NO3. The molecule has 0 unspecified atom stereocenters. The molecule has 0 fully saturated rings. The Bertz CT molecular complexity index is 702. The monoisotopic (exact) mass is 341 g/mol. The van der Waals surface area contributed by atoms with E-state index >= 15 is 0 Å². The predicted molar refractivity (Wildman–Crippen MR) is 99.5 cm³/mol. The summed E-state index contributed by atoms with van der Waals surface area (Å²) < 4.78 is 0. The first-order valence-electron chi connectivity index (χ1n) is 8.59. The van der Waals surface area contributed by atoms with E-state index in [1.807, 2.05) is 43.3 Å². The number of hydrogen-bond donors (Lipinski definition) is 3. The molecule has 0 bridgehead atoms. The second-order valence-electron chi connectivity index (χ2n) is 7.09. The van der Waals surface area contributed by atoms with Crippen molar-refractivity contribution in [1.82, 2.24) is 5.32 Å². The van der Waals surface area contributed by atoms with Gasteiger partial charge in [-0.2, -0.15) is 0 Å². The molecule has 4 heteroatoms. The minimum Gasteiger partial charge on any atom is -0.390 e. The van der Waals surface area contributed by atoms with Gasteiger partial charge in [0.2, 0.25) is 0 Å². The van der Waals surface area contributed by atoms with Crippen LogP contribution in [0.4, 0.5) is 0 Å². The van der Waals surface area contributed by atoms with Gasteiger partial charge in [0.25, 0.3) is 5.91 Å². The van der Waals surface area contributed by atoms with Crippen LogP contribution < -0.4 is 5.32 Å². The second kappa shape index (κ2) is 8.28. The highest BCUT2D eigenvalue weighted by Crippen LogP contribution is 2.17. The minimum absolute atomic E-state index is 0.171. The molecule has 2 aromatic rings. The maximum absolute atomic E-state index is 12.2. The molecule has 25 heavy (non-hydrogen) atoms. The fourth-order valence-corrected chi connectivity index (χ4v) is 2.64. The van der Waals surface area contributed by atoms with Crippen LogP contribution in [0, 0.1) is 6.92 Å². The number of aliphatic hydroxyl groups excluding tert-OH is 1. The molecule has 0 aliphatic rings. The van der Waals surface area contributed by atoms with Crippen molar-refractivity contribution in [2.24, 2.45) is 0 Å². The highest BCUT2D eigenvalue weighted by atomic mass is 16.3. The van der Waals surface area contributed by atoms with Crippen molar-refractivity contribution >= 4 is 5.91 Å². The van der Waals surface area contributed by atoms with Gasteiger partial charge in [-0.15, -0.1) is 0 Å². The quantitative estimate of drug-likeness (QED) is 0.724. The number of benzene rings is 2. The zero-order valence-electron chi connectivity index (χ0n) is 15.1. The summed E-state index contributed by atoms with van der Waals surface area (Å²) in [4.78, 5) is 12.2. The Morgan fingerprint density at radius 2 is 1.76 bits per heavy atom. The van der Waals surface area contributed by atoms with E-state index in [2.05, 4.69) is 5.32 Å². The average Bonchev–Trinajstić information content (AvgIpc) is 2.58. The summed E-state index contributed by atoms with van der Waals surface area (Å²) in [5, 5.41) is 22.8. The summed E-state index contributed by atoms with van der Waals surface area (Å²) in [5.41, 5.74) is 2.77. The lowest BCUT2D eigenvalue weighted by molar-refractivity contribution is 0.0713. The molecule has 0 aromatic heterocycles. The van der Waals surface area contributed by atoms with Gasteiger partial charge in [-0.25, -0.2) is 0 Å². The van der Waals surface area contributed by atoms with Gasteiger partial charge in [-0.3, -0.25) is 4.79 Å². The van der Waals surface area contributed by atoms with E-state index in [-0.39, 0.29) is 12.5 Å². The molecule has 2 rings (SSSR count). The van der Waals surface area contributed by atoms with Gasteiger partial charge in [-0.1, -0.05) is 36.4 Å². The highest BCUT2D eigenvalue weighted by Gasteiger charge is 2.14. The lowest BCUT2D eigenvalue weighted by Crippen LogP contribution is -2.28. The first-order chi connectivity index (χ1) is 11.8. The molecule has 0 aliphatic carbocycles. The first kappa shape index (κ1) is 19.2. The first-order valence-corrected chi connectivity index (χ1v) is 8.59. The van der Waals surface area contributed by atoms with Crippen LogP contribution in [0.3, 0.4) is 0 Å². The van der Waals surface area contributed by atoms with Crippen LogP contribution >= 0.6 is 0 Å². The minimum atomic E-state index is -0.726. The van der Waals surface area contributed by atoms with Gasteiger partial charge in [0.05, 0.1) is 11.7 Å². The number of carbonyl (C=O) groups excluding carboxylic acids is 1.